The van der Waals surface area contributed by atoms with Gasteiger partial charge in [-0.2, -0.15) is 4.37 Å². The summed E-state index contributed by atoms with van der Waals surface area (Å²) in [6.45, 7) is 1.89. The maximum absolute atomic E-state index is 9.77. The average molecular weight is 213 g/mol. The zero-order valence-electron chi connectivity index (χ0n) is 6.84. The summed E-state index contributed by atoms with van der Waals surface area (Å²) in [6, 6.07) is 1.86. The highest BCUT2D eigenvalue weighted by atomic mass is 32.1. The van der Waals surface area contributed by atoms with Crippen molar-refractivity contribution < 1.29 is 5.11 Å². The summed E-state index contributed by atoms with van der Waals surface area (Å²) >= 11 is 2.53. The van der Waals surface area contributed by atoms with Crippen LogP contribution in [-0.4, -0.2) is 19.1 Å². The van der Waals surface area contributed by atoms with E-state index in [1.807, 2.05) is 13.0 Å². The lowest BCUT2D eigenvalue weighted by Crippen LogP contribution is -1.97. The van der Waals surface area contributed by atoms with E-state index in [0.29, 0.717) is 5.69 Å². The van der Waals surface area contributed by atoms with E-state index >= 15 is 0 Å². The molecule has 6 heteroatoms. The average Bonchev–Trinajstić information content (AvgIpc) is 2.72. The van der Waals surface area contributed by atoms with Gasteiger partial charge in [-0.15, -0.1) is 5.10 Å². The number of hydrogen-bond donors (Lipinski definition) is 1. The van der Waals surface area contributed by atoms with Crippen LogP contribution in [0.15, 0.2) is 11.4 Å². The van der Waals surface area contributed by atoms with Crippen molar-refractivity contribution in [1.82, 2.24) is 14.0 Å². The highest BCUT2D eigenvalue weighted by Gasteiger charge is 2.15. The second-order valence-corrected chi connectivity index (χ2v) is 4.05. The van der Waals surface area contributed by atoms with Crippen LogP contribution in [0, 0.1) is 6.92 Å². The molecule has 0 aliphatic rings. The Balaban J connectivity index is 2.28. The van der Waals surface area contributed by atoms with Crippen molar-refractivity contribution in [2.45, 2.75) is 13.0 Å². The smallest absolute Gasteiger partial charge is 0.134 e. The van der Waals surface area contributed by atoms with Crippen molar-refractivity contribution in [3.8, 4) is 0 Å². The van der Waals surface area contributed by atoms with Gasteiger partial charge in [-0.05, 0) is 36.1 Å². The van der Waals surface area contributed by atoms with Gasteiger partial charge < -0.3 is 5.11 Å². The van der Waals surface area contributed by atoms with Crippen molar-refractivity contribution in [1.29, 1.82) is 0 Å². The molecule has 13 heavy (non-hydrogen) atoms. The topological polar surface area (TPSA) is 58.9 Å². The number of aliphatic hydroxyl groups is 1. The molecule has 0 fully saturated rings. The second-order valence-electron chi connectivity index (χ2n) is 2.60. The van der Waals surface area contributed by atoms with Gasteiger partial charge in [0.1, 0.15) is 11.8 Å². The summed E-state index contributed by atoms with van der Waals surface area (Å²) < 4.78 is 7.78. The first-order valence-electron chi connectivity index (χ1n) is 3.65. The number of aliphatic hydroxyl groups excluding tert-OH is 1. The molecule has 0 aromatic carbocycles. The Morgan fingerprint density at radius 3 is 2.92 bits per heavy atom. The van der Waals surface area contributed by atoms with Crippen LogP contribution >= 0.6 is 23.1 Å². The normalized spacial score (nSPS) is 13.1. The Bertz CT molecular complexity index is 384. The Kier molecular flexibility index (Phi) is 2.34. The van der Waals surface area contributed by atoms with E-state index in [1.165, 1.54) is 23.1 Å². The molecule has 1 atom stereocenters. The fourth-order valence-electron chi connectivity index (χ4n) is 0.949. The Morgan fingerprint density at radius 1 is 1.54 bits per heavy atom. The van der Waals surface area contributed by atoms with Crippen LogP contribution in [0.2, 0.25) is 0 Å². The number of aromatic nitrogens is 3. The van der Waals surface area contributed by atoms with E-state index in [2.05, 4.69) is 14.0 Å². The van der Waals surface area contributed by atoms with E-state index in [4.69, 9.17) is 0 Å². The fourth-order valence-corrected chi connectivity index (χ4v) is 2.17. The molecule has 1 N–H and O–H groups in total. The molecular formula is C7H7N3OS2. The quantitative estimate of drug-likeness (QED) is 0.819. The largest absolute Gasteiger partial charge is 0.381 e. The number of hydrogen-bond acceptors (Lipinski definition) is 6. The molecule has 68 valence electrons. The molecule has 2 aromatic heterocycles. The van der Waals surface area contributed by atoms with E-state index in [9.17, 15) is 5.11 Å². The third kappa shape index (κ3) is 1.74. The Morgan fingerprint density at radius 2 is 2.38 bits per heavy atom. The minimum atomic E-state index is -0.676. The summed E-state index contributed by atoms with van der Waals surface area (Å²) in [5, 5.41) is 15.3. The van der Waals surface area contributed by atoms with Gasteiger partial charge in [-0.25, -0.2) is 0 Å². The van der Waals surface area contributed by atoms with Crippen LogP contribution in [0.5, 0.6) is 0 Å². The van der Waals surface area contributed by atoms with E-state index < -0.39 is 6.10 Å². The van der Waals surface area contributed by atoms with Gasteiger partial charge in [0.2, 0.25) is 0 Å². The van der Waals surface area contributed by atoms with Gasteiger partial charge in [0, 0.05) is 5.38 Å². The Labute approximate surface area is 83.2 Å². The highest BCUT2D eigenvalue weighted by Crippen LogP contribution is 2.24. The molecule has 0 aliphatic heterocycles. The van der Waals surface area contributed by atoms with Crippen molar-refractivity contribution in [3.63, 3.8) is 0 Å². The van der Waals surface area contributed by atoms with Crippen LogP contribution in [0.4, 0.5) is 0 Å². The van der Waals surface area contributed by atoms with Crippen molar-refractivity contribution in [3.05, 3.63) is 27.7 Å². The molecule has 0 spiro atoms. The minimum Gasteiger partial charge on any atom is -0.381 e. The third-order valence-corrected chi connectivity index (χ3v) is 3.03. The summed E-state index contributed by atoms with van der Waals surface area (Å²) in [5.74, 6) is 0. The summed E-state index contributed by atoms with van der Waals surface area (Å²) in [7, 11) is 0. The van der Waals surface area contributed by atoms with Crippen molar-refractivity contribution in [2.24, 2.45) is 0 Å². The SMILES string of the molecule is Cc1cc(C(O)c2csnn2)sn1. The van der Waals surface area contributed by atoms with E-state index in [-0.39, 0.29) is 0 Å². The fraction of sp³-hybridized carbons (Fsp3) is 0.286. The maximum Gasteiger partial charge on any atom is 0.134 e. The molecule has 0 saturated heterocycles. The van der Waals surface area contributed by atoms with Crippen molar-refractivity contribution >= 4 is 23.1 Å². The first kappa shape index (κ1) is 8.74. The van der Waals surface area contributed by atoms with Gasteiger partial charge in [-0.1, -0.05) is 4.49 Å². The predicted molar refractivity (Wildman–Crippen MR) is 50.8 cm³/mol. The molecular weight excluding hydrogens is 206 g/mol. The van der Waals surface area contributed by atoms with Gasteiger partial charge in [-0.3, -0.25) is 0 Å². The minimum absolute atomic E-state index is 0.591. The lowest BCUT2D eigenvalue weighted by molar-refractivity contribution is 0.219. The number of rotatable bonds is 2. The van der Waals surface area contributed by atoms with Gasteiger partial charge in [0.15, 0.2) is 0 Å². The van der Waals surface area contributed by atoms with Crippen LogP contribution in [0.3, 0.4) is 0 Å². The maximum atomic E-state index is 9.77. The number of aryl methyl sites for hydroxylation is 1. The van der Waals surface area contributed by atoms with Crippen LogP contribution < -0.4 is 0 Å². The Hall–Kier alpha value is -0.850. The highest BCUT2D eigenvalue weighted by molar-refractivity contribution is 7.06. The third-order valence-electron chi connectivity index (χ3n) is 1.57. The zero-order chi connectivity index (χ0) is 9.26. The summed E-state index contributed by atoms with van der Waals surface area (Å²) in [6.07, 6.45) is -0.676. The van der Waals surface area contributed by atoms with Gasteiger partial charge >= 0.3 is 0 Å². The lowest BCUT2D eigenvalue weighted by atomic mass is 10.2. The molecule has 0 aliphatic carbocycles. The van der Waals surface area contributed by atoms with E-state index in [1.54, 1.807) is 5.38 Å². The van der Waals surface area contributed by atoms with E-state index in [0.717, 1.165) is 10.6 Å². The van der Waals surface area contributed by atoms with Crippen molar-refractivity contribution in [2.75, 3.05) is 0 Å². The van der Waals surface area contributed by atoms with Crippen LogP contribution in [0.1, 0.15) is 22.4 Å². The first-order valence-corrected chi connectivity index (χ1v) is 5.26. The summed E-state index contributed by atoms with van der Waals surface area (Å²) in [4.78, 5) is 0.810. The standard InChI is InChI=1S/C7H7N3OS2/c1-4-2-6(13-9-4)7(11)5-3-12-10-8-5/h2-3,7,11H,1H3. The molecule has 0 bridgehead atoms. The molecule has 2 rings (SSSR count). The molecule has 2 heterocycles. The number of nitrogens with zero attached hydrogens (tertiary/aromatic N) is 3. The second kappa shape index (κ2) is 3.49. The van der Waals surface area contributed by atoms with Gasteiger partial charge in [0.05, 0.1) is 10.6 Å². The lowest BCUT2D eigenvalue weighted by Gasteiger charge is -2.01. The molecule has 2 aromatic rings. The first-order chi connectivity index (χ1) is 6.27. The molecule has 0 saturated carbocycles. The molecule has 0 radical (unpaired) electrons. The summed E-state index contributed by atoms with van der Waals surface area (Å²) in [5.41, 5.74) is 1.51. The zero-order valence-corrected chi connectivity index (χ0v) is 8.47. The van der Waals surface area contributed by atoms with Gasteiger partial charge in [0.25, 0.3) is 0 Å². The molecule has 0 amide bonds. The molecule has 1 unspecified atom stereocenters. The van der Waals surface area contributed by atoms with Crippen LogP contribution in [0.25, 0.3) is 0 Å². The predicted octanol–water partition coefficient (Wildman–Crippen LogP) is 1.38. The molecule has 4 nitrogen and oxygen atoms in total. The monoisotopic (exact) mass is 213 g/mol. The van der Waals surface area contributed by atoms with Crippen LogP contribution in [-0.2, 0) is 0 Å².